The van der Waals surface area contributed by atoms with Crippen LogP contribution in [0.4, 0.5) is 0 Å². The largest absolute Gasteiger partial charge is 0.297 e. The van der Waals surface area contributed by atoms with Crippen molar-refractivity contribution >= 4 is 29.1 Å². The van der Waals surface area contributed by atoms with Crippen molar-refractivity contribution in [3.05, 3.63) is 70.2 Å². The molecule has 0 N–H and O–H groups in total. The number of benzene rings is 2. The van der Waals surface area contributed by atoms with Gasteiger partial charge >= 0.3 is 0 Å². The molecule has 1 aliphatic rings. The molecule has 4 heteroatoms. The van der Waals surface area contributed by atoms with E-state index >= 15 is 0 Å². The molecule has 2 aromatic rings. The van der Waals surface area contributed by atoms with E-state index in [1.807, 2.05) is 30.0 Å². The second kappa shape index (κ2) is 7.32. The molecule has 0 aromatic heterocycles. The van der Waals surface area contributed by atoms with E-state index < -0.39 is 0 Å². The molecule has 114 valence electrons. The molecule has 0 saturated carbocycles. The highest BCUT2D eigenvalue weighted by Crippen LogP contribution is 2.17. The fraction of sp³-hybridized carbons (Fsp3) is 0.278. The molecule has 0 unspecified atom stereocenters. The van der Waals surface area contributed by atoms with Gasteiger partial charge in [-0.25, -0.2) is 0 Å². The first-order valence-electron chi connectivity index (χ1n) is 7.42. The lowest BCUT2D eigenvalue weighted by Gasteiger charge is -2.26. The zero-order valence-electron chi connectivity index (χ0n) is 12.3. The Labute approximate surface area is 140 Å². The number of halogens is 1. The maximum absolute atomic E-state index is 12.5. The zero-order chi connectivity index (χ0) is 15.4. The van der Waals surface area contributed by atoms with Gasteiger partial charge in [-0.2, -0.15) is 11.8 Å². The number of hydrogen-bond acceptors (Lipinski definition) is 3. The van der Waals surface area contributed by atoms with Crippen LogP contribution < -0.4 is 0 Å². The van der Waals surface area contributed by atoms with Gasteiger partial charge in [0, 0.05) is 47.3 Å². The molecule has 0 amide bonds. The molecule has 0 aliphatic carbocycles. The van der Waals surface area contributed by atoms with Crippen molar-refractivity contribution in [1.82, 2.24) is 4.90 Å². The van der Waals surface area contributed by atoms with Crippen LogP contribution in [0.2, 0.25) is 5.02 Å². The SMILES string of the molecule is O=C(c1ccc(Cl)cc1)c1cccc(CN2CCSCC2)c1. The fourth-order valence-corrected chi connectivity index (χ4v) is 3.70. The van der Waals surface area contributed by atoms with Gasteiger partial charge in [0.25, 0.3) is 0 Å². The number of ketones is 1. The summed E-state index contributed by atoms with van der Waals surface area (Å²) in [7, 11) is 0. The van der Waals surface area contributed by atoms with Crippen LogP contribution >= 0.6 is 23.4 Å². The molecule has 1 saturated heterocycles. The van der Waals surface area contributed by atoms with Crippen molar-refractivity contribution in [1.29, 1.82) is 0 Å². The monoisotopic (exact) mass is 331 g/mol. The van der Waals surface area contributed by atoms with Crippen molar-refractivity contribution in [3.63, 3.8) is 0 Å². The summed E-state index contributed by atoms with van der Waals surface area (Å²) in [5.74, 6) is 2.44. The van der Waals surface area contributed by atoms with E-state index in [0.29, 0.717) is 10.6 Å². The van der Waals surface area contributed by atoms with Crippen molar-refractivity contribution in [2.75, 3.05) is 24.6 Å². The number of thioether (sulfide) groups is 1. The summed E-state index contributed by atoms with van der Waals surface area (Å²) in [6, 6.07) is 15.0. The van der Waals surface area contributed by atoms with E-state index in [4.69, 9.17) is 11.6 Å². The van der Waals surface area contributed by atoms with Crippen LogP contribution in [0.15, 0.2) is 48.5 Å². The van der Waals surface area contributed by atoms with Crippen LogP contribution in [0.1, 0.15) is 21.5 Å². The second-order valence-corrected chi connectivity index (χ2v) is 7.09. The molecule has 1 aliphatic heterocycles. The molecule has 0 spiro atoms. The second-order valence-electron chi connectivity index (χ2n) is 5.42. The predicted octanol–water partition coefficient (Wildman–Crippen LogP) is 4.12. The van der Waals surface area contributed by atoms with Crippen LogP contribution in [0.25, 0.3) is 0 Å². The molecule has 1 heterocycles. The Morgan fingerprint density at radius 1 is 1.05 bits per heavy atom. The van der Waals surface area contributed by atoms with Crippen molar-refractivity contribution in [3.8, 4) is 0 Å². The van der Waals surface area contributed by atoms with E-state index in [1.54, 1.807) is 24.3 Å². The van der Waals surface area contributed by atoms with Gasteiger partial charge in [-0.05, 0) is 35.9 Å². The molecule has 3 rings (SSSR count). The molecule has 2 aromatic carbocycles. The molecular formula is C18H18ClNOS. The lowest BCUT2D eigenvalue weighted by Crippen LogP contribution is -2.31. The third-order valence-electron chi connectivity index (χ3n) is 3.81. The Kier molecular flexibility index (Phi) is 5.19. The highest BCUT2D eigenvalue weighted by molar-refractivity contribution is 7.99. The van der Waals surface area contributed by atoms with Gasteiger partial charge in [-0.3, -0.25) is 9.69 Å². The Hall–Kier alpha value is -1.29. The highest BCUT2D eigenvalue weighted by Gasteiger charge is 2.13. The Morgan fingerprint density at radius 2 is 1.77 bits per heavy atom. The van der Waals surface area contributed by atoms with Crippen LogP contribution in [0.5, 0.6) is 0 Å². The summed E-state index contributed by atoms with van der Waals surface area (Å²) >= 11 is 7.89. The molecular weight excluding hydrogens is 314 g/mol. The normalized spacial score (nSPS) is 15.7. The van der Waals surface area contributed by atoms with E-state index in [9.17, 15) is 4.79 Å². The molecule has 22 heavy (non-hydrogen) atoms. The highest BCUT2D eigenvalue weighted by atomic mass is 35.5. The maximum atomic E-state index is 12.5. The van der Waals surface area contributed by atoms with Crippen molar-refractivity contribution in [2.24, 2.45) is 0 Å². The molecule has 2 nitrogen and oxygen atoms in total. The summed E-state index contributed by atoms with van der Waals surface area (Å²) in [6.07, 6.45) is 0. The van der Waals surface area contributed by atoms with Crippen molar-refractivity contribution in [2.45, 2.75) is 6.54 Å². The summed E-state index contributed by atoms with van der Waals surface area (Å²) in [6.45, 7) is 3.17. The van der Waals surface area contributed by atoms with Gasteiger partial charge in [0.2, 0.25) is 0 Å². The smallest absolute Gasteiger partial charge is 0.193 e. The van der Waals surface area contributed by atoms with Gasteiger partial charge in [0.05, 0.1) is 0 Å². The first-order chi connectivity index (χ1) is 10.7. The minimum Gasteiger partial charge on any atom is -0.297 e. The summed E-state index contributed by atoms with van der Waals surface area (Å²) < 4.78 is 0. The van der Waals surface area contributed by atoms with Crippen LogP contribution in [0.3, 0.4) is 0 Å². The molecule has 0 bridgehead atoms. The van der Waals surface area contributed by atoms with E-state index in [2.05, 4.69) is 11.0 Å². The number of carbonyl (C=O) groups excluding carboxylic acids is 1. The zero-order valence-corrected chi connectivity index (χ0v) is 13.9. The first kappa shape index (κ1) is 15.6. The van der Waals surface area contributed by atoms with E-state index in [-0.39, 0.29) is 5.78 Å². The Bertz CT molecular complexity index is 650. The molecule has 1 fully saturated rings. The minimum atomic E-state index is 0.0488. The maximum Gasteiger partial charge on any atom is 0.193 e. The van der Waals surface area contributed by atoms with Gasteiger partial charge in [0.1, 0.15) is 0 Å². The van der Waals surface area contributed by atoms with Gasteiger partial charge in [-0.1, -0.05) is 29.8 Å². The van der Waals surface area contributed by atoms with Crippen LogP contribution in [-0.4, -0.2) is 35.3 Å². The summed E-state index contributed by atoms with van der Waals surface area (Å²) in [5.41, 5.74) is 2.62. The molecule has 0 atom stereocenters. The third kappa shape index (κ3) is 3.92. The number of carbonyl (C=O) groups is 1. The Balaban J connectivity index is 1.75. The average Bonchev–Trinajstić information content (AvgIpc) is 2.56. The molecule has 0 radical (unpaired) electrons. The minimum absolute atomic E-state index is 0.0488. The first-order valence-corrected chi connectivity index (χ1v) is 8.95. The Morgan fingerprint density at radius 3 is 2.50 bits per heavy atom. The number of nitrogens with zero attached hydrogens (tertiary/aromatic N) is 1. The quantitative estimate of drug-likeness (QED) is 0.786. The summed E-state index contributed by atoms with van der Waals surface area (Å²) in [5, 5.41) is 0.647. The summed E-state index contributed by atoms with van der Waals surface area (Å²) in [4.78, 5) is 15.0. The predicted molar refractivity (Wildman–Crippen MR) is 93.9 cm³/mol. The van der Waals surface area contributed by atoms with E-state index in [1.165, 1.54) is 17.1 Å². The average molecular weight is 332 g/mol. The van der Waals surface area contributed by atoms with Gasteiger partial charge in [-0.15, -0.1) is 0 Å². The standard InChI is InChI=1S/C18H18ClNOS/c19-17-6-4-15(5-7-17)18(21)16-3-1-2-14(12-16)13-20-8-10-22-11-9-20/h1-7,12H,8-11,13H2. The lowest BCUT2D eigenvalue weighted by atomic mass is 10.0. The topological polar surface area (TPSA) is 20.3 Å². The lowest BCUT2D eigenvalue weighted by molar-refractivity contribution is 0.103. The van der Waals surface area contributed by atoms with Gasteiger partial charge in [0.15, 0.2) is 5.78 Å². The fourth-order valence-electron chi connectivity index (χ4n) is 2.60. The third-order valence-corrected chi connectivity index (χ3v) is 5.00. The number of hydrogen-bond donors (Lipinski definition) is 0. The van der Waals surface area contributed by atoms with Crippen LogP contribution in [0, 0.1) is 0 Å². The number of rotatable bonds is 4. The van der Waals surface area contributed by atoms with Crippen molar-refractivity contribution < 1.29 is 4.79 Å². The van der Waals surface area contributed by atoms with Gasteiger partial charge < -0.3 is 0 Å². The van der Waals surface area contributed by atoms with Crippen LogP contribution in [-0.2, 0) is 6.54 Å². The van der Waals surface area contributed by atoms with E-state index in [0.717, 1.165) is 25.2 Å².